The number of piperidine rings is 1. The molecule has 1 heterocycles. The first-order valence-corrected chi connectivity index (χ1v) is 7.46. The van der Waals surface area contributed by atoms with E-state index in [4.69, 9.17) is 0 Å². The molecule has 22 heavy (non-hydrogen) atoms. The zero-order valence-electron chi connectivity index (χ0n) is 12.6. The fraction of sp³-hybridized carbons (Fsp3) is 0.533. The monoisotopic (exact) mass is 307 g/mol. The van der Waals surface area contributed by atoms with E-state index in [-0.39, 0.29) is 29.8 Å². The molecular weight excluding hydrogens is 286 g/mol. The van der Waals surface area contributed by atoms with Gasteiger partial charge in [0.2, 0.25) is 0 Å². The molecule has 1 atom stereocenters. The summed E-state index contributed by atoms with van der Waals surface area (Å²) in [6, 6.07) is 4.66. The minimum Gasteiger partial charge on any atom is -0.396 e. The predicted octanol–water partition coefficient (Wildman–Crippen LogP) is 1.70. The van der Waals surface area contributed by atoms with E-state index in [1.807, 2.05) is 4.90 Å². The molecule has 0 saturated carbocycles. The lowest BCUT2D eigenvalue weighted by molar-refractivity contribution is -0.384. The van der Waals surface area contributed by atoms with E-state index in [0.717, 1.165) is 25.8 Å². The van der Waals surface area contributed by atoms with Gasteiger partial charge in [0.05, 0.1) is 4.92 Å². The molecule has 1 aliphatic heterocycles. The summed E-state index contributed by atoms with van der Waals surface area (Å²) in [4.78, 5) is 24.6. The summed E-state index contributed by atoms with van der Waals surface area (Å²) >= 11 is 0. The van der Waals surface area contributed by atoms with Gasteiger partial charge in [-0.2, -0.15) is 0 Å². The van der Waals surface area contributed by atoms with Crippen LogP contribution < -0.4 is 10.2 Å². The summed E-state index contributed by atoms with van der Waals surface area (Å²) < 4.78 is 0. The van der Waals surface area contributed by atoms with Crippen molar-refractivity contribution in [2.75, 3.05) is 25.1 Å². The van der Waals surface area contributed by atoms with Crippen molar-refractivity contribution in [1.29, 1.82) is 0 Å². The second-order valence-corrected chi connectivity index (χ2v) is 5.40. The highest BCUT2D eigenvalue weighted by atomic mass is 16.6. The minimum atomic E-state index is -0.452. The van der Waals surface area contributed by atoms with Crippen LogP contribution in [0.2, 0.25) is 0 Å². The van der Waals surface area contributed by atoms with Crippen LogP contribution in [0.3, 0.4) is 0 Å². The third kappa shape index (κ3) is 3.36. The van der Waals surface area contributed by atoms with Crippen LogP contribution in [0.5, 0.6) is 0 Å². The molecule has 0 aromatic heterocycles. The molecule has 1 saturated heterocycles. The number of carbonyl (C=O) groups excluding carboxylic acids is 1. The van der Waals surface area contributed by atoms with E-state index >= 15 is 0 Å². The van der Waals surface area contributed by atoms with Gasteiger partial charge < -0.3 is 15.3 Å². The van der Waals surface area contributed by atoms with Gasteiger partial charge in [0.25, 0.3) is 11.6 Å². The molecule has 0 aliphatic carbocycles. The Hall–Kier alpha value is -2.15. The standard InChI is InChI=1S/C15H21N3O4/c1-16-15(20)11-5-6-13(14(10-11)18(21)22)17-8-3-2-4-12(17)7-9-19/h5-6,10,12,19H,2-4,7-9H2,1H3,(H,16,20). The molecule has 1 aliphatic rings. The van der Waals surface area contributed by atoms with E-state index in [9.17, 15) is 20.0 Å². The first-order valence-electron chi connectivity index (χ1n) is 7.46. The highest BCUT2D eigenvalue weighted by molar-refractivity contribution is 5.95. The fourth-order valence-electron chi connectivity index (χ4n) is 2.96. The summed E-state index contributed by atoms with van der Waals surface area (Å²) in [6.45, 7) is 0.788. The van der Waals surface area contributed by atoms with Crippen LogP contribution >= 0.6 is 0 Å². The Kier molecular flexibility index (Phi) is 5.32. The van der Waals surface area contributed by atoms with E-state index < -0.39 is 4.92 Å². The van der Waals surface area contributed by atoms with Crippen LogP contribution in [0.1, 0.15) is 36.0 Å². The van der Waals surface area contributed by atoms with Crippen LogP contribution in [0, 0.1) is 10.1 Å². The van der Waals surface area contributed by atoms with Crippen molar-refractivity contribution < 1.29 is 14.8 Å². The summed E-state index contributed by atoms with van der Waals surface area (Å²) in [7, 11) is 1.49. The number of carbonyl (C=O) groups is 1. The Morgan fingerprint density at radius 2 is 2.27 bits per heavy atom. The van der Waals surface area contributed by atoms with Gasteiger partial charge in [-0.25, -0.2) is 0 Å². The predicted molar refractivity (Wildman–Crippen MR) is 83.2 cm³/mol. The zero-order chi connectivity index (χ0) is 16.1. The van der Waals surface area contributed by atoms with Gasteiger partial charge in [-0.3, -0.25) is 14.9 Å². The molecule has 120 valence electrons. The number of hydrogen-bond donors (Lipinski definition) is 2. The molecule has 2 N–H and O–H groups in total. The maximum atomic E-state index is 11.7. The largest absolute Gasteiger partial charge is 0.396 e. The quantitative estimate of drug-likeness (QED) is 0.637. The van der Waals surface area contributed by atoms with Gasteiger partial charge in [0.15, 0.2) is 0 Å². The number of nitro groups is 1. The average molecular weight is 307 g/mol. The average Bonchev–Trinajstić information content (AvgIpc) is 2.54. The van der Waals surface area contributed by atoms with Gasteiger partial charge in [0.1, 0.15) is 5.69 Å². The van der Waals surface area contributed by atoms with Crippen molar-refractivity contribution in [3.63, 3.8) is 0 Å². The van der Waals surface area contributed by atoms with Crippen molar-refractivity contribution in [3.05, 3.63) is 33.9 Å². The number of amides is 1. The molecule has 0 radical (unpaired) electrons. The number of aliphatic hydroxyl groups excluding tert-OH is 1. The maximum Gasteiger partial charge on any atom is 0.293 e. The molecule has 1 unspecified atom stereocenters. The highest BCUT2D eigenvalue weighted by Crippen LogP contribution is 2.34. The Morgan fingerprint density at radius 1 is 1.50 bits per heavy atom. The first-order chi connectivity index (χ1) is 10.6. The molecule has 1 amide bonds. The van der Waals surface area contributed by atoms with Crippen molar-refractivity contribution in [1.82, 2.24) is 5.32 Å². The zero-order valence-corrected chi connectivity index (χ0v) is 12.6. The topological polar surface area (TPSA) is 95.7 Å². The molecule has 7 nitrogen and oxygen atoms in total. The van der Waals surface area contributed by atoms with Crippen molar-refractivity contribution >= 4 is 17.3 Å². The van der Waals surface area contributed by atoms with E-state index in [1.54, 1.807) is 12.1 Å². The Balaban J connectivity index is 2.40. The Bertz CT molecular complexity index is 560. The second-order valence-electron chi connectivity index (χ2n) is 5.40. The number of aliphatic hydroxyl groups is 1. The molecule has 2 rings (SSSR count). The van der Waals surface area contributed by atoms with Crippen LogP contribution in [-0.2, 0) is 0 Å². The number of anilines is 1. The number of nitro benzene ring substituents is 1. The lowest BCUT2D eigenvalue weighted by Gasteiger charge is -2.37. The summed E-state index contributed by atoms with van der Waals surface area (Å²) in [5.74, 6) is -0.347. The maximum absolute atomic E-state index is 11.7. The number of nitrogens with zero attached hydrogens (tertiary/aromatic N) is 2. The van der Waals surface area contributed by atoms with E-state index in [1.165, 1.54) is 13.1 Å². The van der Waals surface area contributed by atoms with Crippen molar-refractivity contribution in [2.24, 2.45) is 0 Å². The summed E-state index contributed by atoms with van der Waals surface area (Å²) in [5, 5.41) is 23.1. The Morgan fingerprint density at radius 3 is 2.91 bits per heavy atom. The molecule has 1 aromatic rings. The summed E-state index contributed by atoms with van der Waals surface area (Å²) in [5.41, 5.74) is 0.732. The number of hydrogen-bond acceptors (Lipinski definition) is 5. The third-order valence-corrected chi connectivity index (χ3v) is 4.06. The normalized spacial score (nSPS) is 18.1. The molecule has 1 aromatic carbocycles. The second kappa shape index (κ2) is 7.22. The van der Waals surface area contributed by atoms with Crippen LogP contribution in [0.4, 0.5) is 11.4 Å². The Labute approximate surface area is 129 Å². The number of nitrogens with one attached hydrogen (secondary N) is 1. The SMILES string of the molecule is CNC(=O)c1ccc(N2CCCCC2CCO)c([N+](=O)[O-])c1. The van der Waals surface area contributed by atoms with Crippen LogP contribution in [0.25, 0.3) is 0 Å². The van der Waals surface area contributed by atoms with Crippen LogP contribution in [0.15, 0.2) is 18.2 Å². The van der Waals surface area contributed by atoms with Gasteiger partial charge in [0, 0.05) is 37.9 Å². The summed E-state index contributed by atoms with van der Waals surface area (Å²) in [6.07, 6.45) is 3.53. The van der Waals surface area contributed by atoms with Gasteiger partial charge in [-0.1, -0.05) is 0 Å². The van der Waals surface area contributed by atoms with Crippen LogP contribution in [-0.4, -0.2) is 42.2 Å². The first kappa shape index (κ1) is 16.2. The lowest BCUT2D eigenvalue weighted by atomic mass is 9.98. The van der Waals surface area contributed by atoms with Gasteiger partial charge in [-0.05, 0) is 37.8 Å². The molecule has 0 bridgehead atoms. The smallest absolute Gasteiger partial charge is 0.293 e. The van der Waals surface area contributed by atoms with E-state index in [2.05, 4.69) is 5.32 Å². The van der Waals surface area contributed by atoms with Crippen molar-refractivity contribution in [2.45, 2.75) is 31.7 Å². The minimum absolute atomic E-state index is 0.0608. The van der Waals surface area contributed by atoms with Crippen molar-refractivity contribution in [3.8, 4) is 0 Å². The fourth-order valence-corrected chi connectivity index (χ4v) is 2.96. The van der Waals surface area contributed by atoms with E-state index in [0.29, 0.717) is 12.1 Å². The number of benzene rings is 1. The highest BCUT2D eigenvalue weighted by Gasteiger charge is 2.28. The van der Waals surface area contributed by atoms with Gasteiger partial charge >= 0.3 is 0 Å². The molecular formula is C15H21N3O4. The van der Waals surface area contributed by atoms with Gasteiger partial charge in [-0.15, -0.1) is 0 Å². The molecule has 1 fully saturated rings. The molecule has 0 spiro atoms. The molecule has 7 heteroatoms. The third-order valence-electron chi connectivity index (χ3n) is 4.06. The lowest BCUT2D eigenvalue weighted by Crippen LogP contribution is -2.40. The number of rotatable bonds is 5.